The summed E-state index contributed by atoms with van der Waals surface area (Å²) < 4.78 is 0. The highest BCUT2D eigenvalue weighted by Gasteiger charge is 2.18. The smallest absolute Gasteiger partial charge is 0.0499 e. The molecular weight excluding hydrogens is 208 g/mol. The van der Waals surface area contributed by atoms with Gasteiger partial charge in [0, 0.05) is 24.4 Å². The van der Waals surface area contributed by atoms with Crippen LogP contribution in [0.3, 0.4) is 0 Å². The molecule has 84 valence electrons. The highest BCUT2D eigenvalue weighted by molar-refractivity contribution is 5.83. The van der Waals surface area contributed by atoms with Crippen LogP contribution in [-0.2, 0) is 0 Å². The summed E-state index contributed by atoms with van der Waals surface area (Å²) in [5.74, 6) is 0.358. The summed E-state index contributed by atoms with van der Waals surface area (Å²) in [5.41, 5.74) is 10.4. The number of aliphatic imine (C=N–C) groups is 1. The van der Waals surface area contributed by atoms with Crippen LogP contribution in [0.2, 0.25) is 0 Å². The monoisotopic (exact) mass is 222 g/mol. The van der Waals surface area contributed by atoms with Gasteiger partial charge in [-0.05, 0) is 28.8 Å². The van der Waals surface area contributed by atoms with Crippen LogP contribution in [0.5, 0.6) is 0 Å². The number of rotatable bonds is 1. The van der Waals surface area contributed by atoms with Crippen molar-refractivity contribution in [3.63, 3.8) is 0 Å². The summed E-state index contributed by atoms with van der Waals surface area (Å²) in [5, 5.41) is 0. The molecule has 2 nitrogen and oxygen atoms in total. The largest absolute Gasteiger partial charge is 0.399 e. The van der Waals surface area contributed by atoms with Crippen LogP contribution in [-0.4, -0.2) is 12.8 Å². The van der Waals surface area contributed by atoms with E-state index in [9.17, 15) is 0 Å². The Morgan fingerprint density at radius 1 is 1.00 bits per heavy atom. The van der Waals surface area contributed by atoms with Gasteiger partial charge in [-0.15, -0.1) is 0 Å². The van der Waals surface area contributed by atoms with Gasteiger partial charge >= 0.3 is 0 Å². The molecule has 0 aliphatic carbocycles. The molecule has 1 atom stereocenters. The van der Waals surface area contributed by atoms with Gasteiger partial charge < -0.3 is 5.73 Å². The maximum absolute atomic E-state index is 5.72. The number of nitrogens with zero attached hydrogens (tertiary/aromatic N) is 1. The van der Waals surface area contributed by atoms with Crippen LogP contribution in [0.25, 0.3) is 0 Å². The summed E-state index contributed by atoms with van der Waals surface area (Å²) in [6.07, 6.45) is 1.96. The van der Waals surface area contributed by atoms with E-state index in [1.807, 2.05) is 18.3 Å². The quantitative estimate of drug-likeness (QED) is 0.740. The molecular formula is C15H14N2. The van der Waals surface area contributed by atoms with Crippen molar-refractivity contribution < 1.29 is 0 Å². The first-order chi connectivity index (χ1) is 8.34. The van der Waals surface area contributed by atoms with E-state index in [0.29, 0.717) is 5.92 Å². The van der Waals surface area contributed by atoms with Crippen LogP contribution in [0.15, 0.2) is 53.5 Å². The van der Waals surface area contributed by atoms with E-state index in [1.165, 1.54) is 16.7 Å². The predicted molar refractivity (Wildman–Crippen MR) is 71.6 cm³/mol. The second-order valence-corrected chi connectivity index (χ2v) is 4.34. The Morgan fingerprint density at radius 3 is 2.59 bits per heavy atom. The summed E-state index contributed by atoms with van der Waals surface area (Å²) in [4.78, 5) is 4.44. The first kappa shape index (κ1) is 10.1. The molecule has 2 heteroatoms. The summed E-state index contributed by atoms with van der Waals surface area (Å²) in [6, 6.07) is 16.5. The molecule has 1 aliphatic rings. The molecule has 2 N–H and O–H groups in total. The number of anilines is 1. The van der Waals surface area contributed by atoms with Crippen molar-refractivity contribution >= 4 is 11.9 Å². The summed E-state index contributed by atoms with van der Waals surface area (Å²) in [7, 11) is 0. The highest BCUT2D eigenvalue weighted by Crippen LogP contribution is 2.30. The topological polar surface area (TPSA) is 38.4 Å². The fourth-order valence-corrected chi connectivity index (χ4v) is 2.31. The van der Waals surface area contributed by atoms with Crippen LogP contribution >= 0.6 is 0 Å². The van der Waals surface area contributed by atoms with Crippen LogP contribution in [0.4, 0.5) is 5.69 Å². The van der Waals surface area contributed by atoms with Gasteiger partial charge in [-0.1, -0.05) is 36.4 Å². The fourth-order valence-electron chi connectivity index (χ4n) is 2.31. The average Bonchev–Trinajstić information content (AvgIpc) is 2.39. The number of hydrogen-bond donors (Lipinski definition) is 1. The highest BCUT2D eigenvalue weighted by atomic mass is 14.7. The normalized spacial score (nSPS) is 17.8. The van der Waals surface area contributed by atoms with Gasteiger partial charge in [0.2, 0.25) is 0 Å². The average molecular weight is 222 g/mol. The lowest BCUT2D eigenvalue weighted by molar-refractivity contribution is 0.809. The molecule has 2 aromatic carbocycles. The SMILES string of the molecule is Nc1ccc(C2CN=Cc3ccccc32)cc1. The Morgan fingerprint density at radius 2 is 1.76 bits per heavy atom. The van der Waals surface area contributed by atoms with Gasteiger partial charge in [0.25, 0.3) is 0 Å². The van der Waals surface area contributed by atoms with Gasteiger partial charge in [0.1, 0.15) is 0 Å². The Labute approximate surface area is 101 Å². The van der Waals surface area contributed by atoms with E-state index in [1.54, 1.807) is 0 Å². The van der Waals surface area contributed by atoms with Crippen molar-refractivity contribution in [2.24, 2.45) is 4.99 Å². The van der Waals surface area contributed by atoms with E-state index in [4.69, 9.17) is 5.73 Å². The predicted octanol–water partition coefficient (Wildman–Crippen LogP) is 2.83. The first-order valence-electron chi connectivity index (χ1n) is 5.79. The minimum atomic E-state index is 0.358. The second kappa shape index (κ2) is 4.06. The minimum absolute atomic E-state index is 0.358. The molecule has 2 aromatic rings. The molecule has 0 aromatic heterocycles. The maximum atomic E-state index is 5.72. The molecule has 1 heterocycles. The van der Waals surface area contributed by atoms with Gasteiger partial charge in [0.15, 0.2) is 0 Å². The number of nitrogen functional groups attached to an aromatic ring is 1. The van der Waals surface area contributed by atoms with E-state index in [2.05, 4.69) is 41.4 Å². The fraction of sp³-hybridized carbons (Fsp3) is 0.133. The molecule has 0 saturated heterocycles. The number of fused-ring (bicyclic) bond motifs is 1. The summed E-state index contributed by atoms with van der Waals surface area (Å²) in [6.45, 7) is 0.820. The molecule has 0 spiro atoms. The zero-order valence-electron chi connectivity index (χ0n) is 9.51. The Kier molecular flexibility index (Phi) is 2.41. The molecule has 0 radical (unpaired) electrons. The molecule has 0 bridgehead atoms. The van der Waals surface area contributed by atoms with Gasteiger partial charge in [-0.2, -0.15) is 0 Å². The lowest BCUT2D eigenvalue weighted by Crippen LogP contribution is -2.12. The van der Waals surface area contributed by atoms with E-state index >= 15 is 0 Å². The van der Waals surface area contributed by atoms with Gasteiger partial charge in [-0.3, -0.25) is 4.99 Å². The lowest BCUT2D eigenvalue weighted by atomic mass is 9.87. The zero-order valence-corrected chi connectivity index (χ0v) is 9.51. The Bertz CT molecular complexity index is 555. The Balaban J connectivity index is 2.05. The van der Waals surface area contributed by atoms with E-state index in [-0.39, 0.29) is 0 Å². The zero-order chi connectivity index (χ0) is 11.7. The number of hydrogen-bond acceptors (Lipinski definition) is 2. The molecule has 17 heavy (non-hydrogen) atoms. The molecule has 3 rings (SSSR count). The third-order valence-corrected chi connectivity index (χ3v) is 3.23. The molecule has 0 fully saturated rings. The minimum Gasteiger partial charge on any atom is -0.399 e. The molecule has 1 aliphatic heterocycles. The van der Waals surface area contributed by atoms with E-state index in [0.717, 1.165) is 12.2 Å². The van der Waals surface area contributed by atoms with Crippen LogP contribution in [0, 0.1) is 0 Å². The van der Waals surface area contributed by atoms with Crippen molar-refractivity contribution in [3.05, 3.63) is 65.2 Å². The summed E-state index contributed by atoms with van der Waals surface area (Å²) >= 11 is 0. The van der Waals surface area contributed by atoms with Crippen molar-refractivity contribution in [3.8, 4) is 0 Å². The third kappa shape index (κ3) is 1.82. The molecule has 0 saturated carbocycles. The van der Waals surface area contributed by atoms with Crippen molar-refractivity contribution in [1.29, 1.82) is 0 Å². The standard InChI is InChI=1S/C15H14N2/c16-13-7-5-11(6-8-13)15-10-17-9-12-3-1-2-4-14(12)15/h1-9,15H,10,16H2. The van der Waals surface area contributed by atoms with Crippen LogP contribution in [0.1, 0.15) is 22.6 Å². The second-order valence-electron chi connectivity index (χ2n) is 4.34. The molecule has 1 unspecified atom stereocenters. The van der Waals surface area contributed by atoms with Crippen molar-refractivity contribution in [2.45, 2.75) is 5.92 Å². The van der Waals surface area contributed by atoms with Gasteiger partial charge in [-0.25, -0.2) is 0 Å². The van der Waals surface area contributed by atoms with Crippen molar-refractivity contribution in [1.82, 2.24) is 0 Å². The maximum Gasteiger partial charge on any atom is 0.0499 e. The Hall–Kier alpha value is -2.09. The third-order valence-electron chi connectivity index (χ3n) is 3.23. The van der Waals surface area contributed by atoms with Gasteiger partial charge in [0.05, 0.1) is 0 Å². The number of benzene rings is 2. The lowest BCUT2D eigenvalue weighted by Gasteiger charge is -2.21. The van der Waals surface area contributed by atoms with Crippen LogP contribution < -0.4 is 5.73 Å². The van der Waals surface area contributed by atoms with Crippen molar-refractivity contribution in [2.75, 3.05) is 12.3 Å². The van der Waals surface area contributed by atoms with E-state index < -0.39 is 0 Å². The number of nitrogens with two attached hydrogens (primary N) is 1. The first-order valence-corrected chi connectivity index (χ1v) is 5.79. The molecule has 0 amide bonds.